The summed E-state index contributed by atoms with van der Waals surface area (Å²) in [6, 6.07) is 11.4. The molecule has 0 aliphatic carbocycles. The van der Waals surface area contributed by atoms with Crippen molar-refractivity contribution in [3.63, 3.8) is 0 Å². The Bertz CT molecular complexity index is 574. The zero-order chi connectivity index (χ0) is 12.4. The van der Waals surface area contributed by atoms with Crippen LogP contribution in [-0.4, -0.2) is 4.92 Å². The molecule has 102 valence electrons. The van der Waals surface area contributed by atoms with Gasteiger partial charge in [-0.3, -0.25) is 10.1 Å². The van der Waals surface area contributed by atoms with Crippen LogP contribution in [0.25, 0.3) is 11.1 Å². The molecule has 2 aromatic carbocycles. The van der Waals surface area contributed by atoms with Crippen LogP contribution in [-0.2, 0) is 0 Å². The lowest BCUT2D eigenvalue weighted by atomic mass is 10.0. The molecule has 2 aromatic rings. The van der Waals surface area contributed by atoms with E-state index in [0.29, 0.717) is 11.4 Å². The fraction of sp³-hybridized carbons (Fsp3) is 0. The minimum absolute atomic E-state index is 0. The topological polar surface area (TPSA) is 95.2 Å². The van der Waals surface area contributed by atoms with Gasteiger partial charge in [0.1, 0.15) is 0 Å². The number of benzene rings is 2. The second-order valence-electron chi connectivity index (χ2n) is 3.65. The largest absolute Gasteiger partial charge is 0.399 e. The second kappa shape index (κ2) is 6.82. The number of nitro groups is 1. The Hall–Kier alpha value is -1.98. The molecule has 2 rings (SSSR count). The fourth-order valence-corrected chi connectivity index (χ4v) is 1.59. The molecule has 19 heavy (non-hydrogen) atoms. The maximum Gasteiger partial charge on any atom is 0.269 e. The molecule has 5 nitrogen and oxygen atoms in total. The van der Waals surface area contributed by atoms with E-state index >= 15 is 0 Å². The van der Waals surface area contributed by atoms with Gasteiger partial charge in [-0.1, -0.05) is 0 Å². The van der Waals surface area contributed by atoms with Crippen molar-refractivity contribution >= 4 is 41.9 Å². The maximum absolute atomic E-state index is 10.5. The van der Waals surface area contributed by atoms with Crippen LogP contribution in [0, 0.1) is 10.1 Å². The molecule has 0 fully saturated rings. The van der Waals surface area contributed by atoms with Gasteiger partial charge in [-0.15, -0.1) is 24.8 Å². The number of hydrogen-bond acceptors (Lipinski definition) is 4. The van der Waals surface area contributed by atoms with Crippen molar-refractivity contribution in [1.82, 2.24) is 0 Å². The summed E-state index contributed by atoms with van der Waals surface area (Å²) in [6.45, 7) is 0. The number of hydrogen-bond donors (Lipinski definition) is 2. The fourth-order valence-electron chi connectivity index (χ4n) is 1.59. The Morgan fingerprint density at radius 1 is 0.947 bits per heavy atom. The number of nitrogens with zero attached hydrogens (tertiary/aromatic N) is 1. The predicted octanol–water partition coefficient (Wildman–Crippen LogP) is 3.27. The van der Waals surface area contributed by atoms with Gasteiger partial charge in [0.2, 0.25) is 0 Å². The maximum atomic E-state index is 10.5. The van der Waals surface area contributed by atoms with Gasteiger partial charge in [0.05, 0.1) is 4.92 Å². The average molecular weight is 302 g/mol. The van der Waals surface area contributed by atoms with Crippen LogP contribution in [0.15, 0.2) is 42.5 Å². The average Bonchev–Trinajstić information content (AvgIpc) is 2.32. The van der Waals surface area contributed by atoms with Crippen molar-refractivity contribution in [3.8, 4) is 11.1 Å². The summed E-state index contributed by atoms with van der Waals surface area (Å²) >= 11 is 0. The monoisotopic (exact) mass is 301 g/mol. The number of anilines is 2. The Morgan fingerprint density at radius 2 is 1.53 bits per heavy atom. The summed E-state index contributed by atoms with van der Waals surface area (Å²) < 4.78 is 0. The van der Waals surface area contributed by atoms with E-state index < -0.39 is 4.92 Å². The van der Waals surface area contributed by atoms with E-state index in [4.69, 9.17) is 11.5 Å². The summed E-state index contributed by atoms with van der Waals surface area (Å²) in [7, 11) is 0. The number of nitrogen functional groups attached to an aromatic ring is 2. The molecule has 0 saturated heterocycles. The van der Waals surface area contributed by atoms with Gasteiger partial charge >= 0.3 is 0 Å². The number of nitrogens with two attached hydrogens (primary N) is 2. The van der Waals surface area contributed by atoms with E-state index in [0.717, 1.165) is 11.1 Å². The van der Waals surface area contributed by atoms with Gasteiger partial charge in [0.15, 0.2) is 0 Å². The molecule has 0 heterocycles. The van der Waals surface area contributed by atoms with Crippen LogP contribution in [0.5, 0.6) is 0 Å². The molecule has 0 aromatic heterocycles. The molecule has 0 aliphatic heterocycles. The molecule has 0 aliphatic rings. The van der Waals surface area contributed by atoms with Crippen LogP contribution in [0.2, 0.25) is 0 Å². The van der Waals surface area contributed by atoms with Crippen LogP contribution in [0.1, 0.15) is 0 Å². The highest BCUT2D eigenvalue weighted by atomic mass is 35.5. The number of halogens is 2. The molecule has 4 N–H and O–H groups in total. The first-order valence-corrected chi connectivity index (χ1v) is 4.98. The number of rotatable bonds is 2. The van der Waals surface area contributed by atoms with Gasteiger partial charge < -0.3 is 11.5 Å². The second-order valence-corrected chi connectivity index (χ2v) is 3.65. The summed E-state index contributed by atoms with van der Waals surface area (Å²) in [5.41, 5.74) is 14.3. The van der Waals surface area contributed by atoms with E-state index in [9.17, 15) is 10.1 Å². The van der Waals surface area contributed by atoms with Gasteiger partial charge in [-0.25, -0.2) is 0 Å². The zero-order valence-corrected chi connectivity index (χ0v) is 11.4. The van der Waals surface area contributed by atoms with Gasteiger partial charge in [-0.05, 0) is 35.9 Å². The SMILES string of the molecule is Cl.Cl.Nc1ccc(N)c(-c2ccc([N+](=O)[O-])cc2)c1. The quantitative estimate of drug-likeness (QED) is 0.505. The third-order valence-electron chi connectivity index (χ3n) is 2.47. The highest BCUT2D eigenvalue weighted by molar-refractivity contribution is 5.85. The highest BCUT2D eigenvalue weighted by Crippen LogP contribution is 2.29. The van der Waals surface area contributed by atoms with Crippen molar-refractivity contribution in [1.29, 1.82) is 0 Å². The molecule has 0 amide bonds. The van der Waals surface area contributed by atoms with Crippen molar-refractivity contribution in [2.24, 2.45) is 0 Å². The molecule has 0 atom stereocenters. The van der Waals surface area contributed by atoms with E-state index in [1.54, 1.807) is 30.3 Å². The van der Waals surface area contributed by atoms with Crippen LogP contribution in [0.3, 0.4) is 0 Å². The van der Waals surface area contributed by atoms with E-state index in [1.807, 2.05) is 0 Å². The summed E-state index contributed by atoms with van der Waals surface area (Å²) in [5, 5.41) is 10.5. The van der Waals surface area contributed by atoms with Crippen molar-refractivity contribution in [2.75, 3.05) is 11.5 Å². The summed E-state index contributed by atoms with van der Waals surface area (Å²) in [5.74, 6) is 0. The molecular formula is C12H13Cl2N3O2. The van der Waals surface area contributed by atoms with Crippen LogP contribution in [0.4, 0.5) is 17.1 Å². The first-order valence-electron chi connectivity index (χ1n) is 4.98. The highest BCUT2D eigenvalue weighted by Gasteiger charge is 2.07. The first-order chi connectivity index (χ1) is 8.08. The molecule has 0 saturated carbocycles. The molecule has 0 spiro atoms. The third kappa shape index (κ3) is 3.74. The minimum Gasteiger partial charge on any atom is -0.399 e. The lowest BCUT2D eigenvalue weighted by Crippen LogP contribution is -1.93. The zero-order valence-electron chi connectivity index (χ0n) is 9.78. The van der Waals surface area contributed by atoms with Crippen molar-refractivity contribution in [2.45, 2.75) is 0 Å². The van der Waals surface area contributed by atoms with Gasteiger partial charge in [-0.2, -0.15) is 0 Å². The summed E-state index contributed by atoms with van der Waals surface area (Å²) in [4.78, 5) is 10.1. The number of non-ortho nitro benzene ring substituents is 1. The van der Waals surface area contributed by atoms with Crippen molar-refractivity contribution < 1.29 is 4.92 Å². The summed E-state index contributed by atoms with van der Waals surface area (Å²) in [6.07, 6.45) is 0. The van der Waals surface area contributed by atoms with E-state index in [2.05, 4.69) is 0 Å². The Labute approximate surface area is 122 Å². The Balaban J connectivity index is 0.00000162. The lowest BCUT2D eigenvalue weighted by Gasteiger charge is -2.06. The normalized spacial score (nSPS) is 9.05. The van der Waals surface area contributed by atoms with Gasteiger partial charge in [0, 0.05) is 29.1 Å². The lowest BCUT2D eigenvalue weighted by molar-refractivity contribution is -0.384. The molecule has 0 unspecified atom stereocenters. The molecule has 0 bridgehead atoms. The van der Waals surface area contributed by atoms with Crippen LogP contribution < -0.4 is 11.5 Å². The van der Waals surface area contributed by atoms with E-state index in [1.165, 1.54) is 12.1 Å². The van der Waals surface area contributed by atoms with E-state index in [-0.39, 0.29) is 30.5 Å². The van der Waals surface area contributed by atoms with Crippen molar-refractivity contribution in [3.05, 3.63) is 52.6 Å². The molecular weight excluding hydrogens is 289 g/mol. The molecule has 0 radical (unpaired) electrons. The predicted molar refractivity (Wildman–Crippen MR) is 81.9 cm³/mol. The minimum atomic E-state index is -0.438. The standard InChI is InChI=1S/C12H11N3O2.2ClH/c13-9-3-6-12(14)11(7-9)8-1-4-10(5-2-8)15(16)17;;/h1-7H,13-14H2;2*1H. The van der Waals surface area contributed by atoms with Gasteiger partial charge in [0.25, 0.3) is 5.69 Å². The smallest absolute Gasteiger partial charge is 0.269 e. The molecule has 7 heteroatoms. The Morgan fingerprint density at radius 3 is 2.05 bits per heavy atom. The number of nitro benzene ring substituents is 1. The van der Waals surface area contributed by atoms with Crippen LogP contribution >= 0.6 is 24.8 Å². The third-order valence-corrected chi connectivity index (χ3v) is 2.47. The first kappa shape index (κ1) is 17.0. The Kier molecular flexibility index (Phi) is 6.11.